The molecule has 0 aliphatic carbocycles. The molecule has 0 saturated carbocycles. The molecule has 0 unspecified atom stereocenters. The monoisotopic (exact) mass is 350 g/mol. The van der Waals surface area contributed by atoms with Crippen molar-refractivity contribution in [2.45, 2.75) is 25.3 Å². The molecule has 0 N–H and O–H groups in total. The molecule has 5 nitrogen and oxygen atoms in total. The maximum atomic E-state index is 12.1. The second-order valence-electron chi connectivity index (χ2n) is 5.20. The Hall–Kier alpha value is -1.89. The van der Waals surface area contributed by atoms with E-state index in [1.54, 1.807) is 19.1 Å². The standard InChI is InChI=1S/C18H22O5S/c1-3-23-24(19,20)18-10-9-15(2)13-17(18)22-12-11-21-14-16-7-5-4-6-8-16/h4-10,13H,3,11-12,14H2,1-2H3. The van der Waals surface area contributed by atoms with Crippen molar-refractivity contribution in [1.29, 1.82) is 0 Å². The minimum Gasteiger partial charge on any atom is -0.490 e. The molecular weight excluding hydrogens is 328 g/mol. The predicted molar refractivity (Wildman–Crippen MR) is 91.6 cm³/mol. The van der Waals surface area contributed by atoms with Crippen LogP contribution in [0.5, 0.6) is 5.75 Å². The van der Waals surface area contributed by atoms with Crippen LogP contribution in [0.15, 0.2) is 53.4 Å². The summed E-state index contributed by atoms with van der Waals surface area (Å²) in [6, 6.07) is 14.7. The van der Waals surface area contributed by atoms with Crippen LogP contribution in [0.2, 0.25) is 0 Å². The lowest BCUT2D eigenvalue weighted by Crippen LogP contribution is -2.12. The SMILES string of the molecule is CCOS(=O)(=O)c1ccc(C)cc1OCCOCc1ccccc1. The highest BCUT2D eigenvalue weighted by Gasteiger charge is 2.20. The van der Waals surface area contributed by atoms with E-state index in [1.165, 1.54) is 6.07 Å². The molecule has 0 spiro atoms. The van der Waals surface area contributed by atoms with Crippen LogP contribution in [-0.2, 0) is 25.6 Å². The smallest absolute Gasteiger partial charge is 0.300 e. The highest BCUT2D eigenvalue weighted by molar-refractivity contribution is 7.86. The molecule has 0 saturated heterocycles. The molecule has 0 amide bonds. The topological polar surface area (TPSA) is 61.8 Å². The van der Waals surface area contributed by atoms with Crippen LogP contribution >= 0.6 is 0 Å². The molecule has 6 heteroatoms. The molecule has 0 heterocycles. The summed E-state index contributed by atoms with van der Waals surface area (Å²) >= 11 is 0. The summed E-state index contributed by atoms with van der Waals surface area (Å²) in [7, 11) is -3.81. The Labute approximate surface area is 143 Å². The molecule has 130 valence electrons. The van der Waals surface area contributed by atoms with Gasteiger partial charge in [-0.2, -0.15) is 8.42 Å². The van der Waals surface area contributed by atoms with E-state index in [1.807, 2.05) is 37.3 Å². The van der Waals surface area contributed by atoms with Crippen molar-refractivity contribution in [3.63, 3.8) is 0 Å². The lowest BCUT2D eigenvalue weighted by Gasteiger charge is -2.12. The van der Waals surface area contributed by atoms with Gasteiger partial charge in [0.05, 0.1) is 19.8 Å². The van der Waals surface area contributed by atoms with Crippen LogP contribution in [0.25, 0.3) is 0 Å². The van der Waals surface area contributed by atoms with E-state index >= 15 is 0 Å². The highest BCUT2D eigenvalue weighted by Crippen LogP contribution is 2.26. The summed E-state index contributed by atoms with van der Waals surface area (Å²) in [5.41, 5.74) is 1.98. The molecule has 0 aliphatic heterocycles. The van der Waals surface area contributed by atoms with Crippen LogP contribution in [0.1, 0.15) is 18.1 Å². The molecule has 0 atom stereocenters. The lowest BCUT2D eigenvalue weighted by molar-refractivity contribution is 0.0879. The number of benzene rings is 2. The van der Waals surface area contributed by atoms with Gasteiger partial charge in [-0.3, -0.25) is 4.18 Å². The van der Waals surface area contributed by atoms with Crippen LogP contribution in [0.4, 0.5) is 0 Å². The van der Waals surface area contributed by atoms with Crippen LogP contribution in [-0.4, -0.2) is 28.2 Å². The van der Waals surface area contributed by atoms with Crippen molar-refractivity contribution in [2.75, 3.05) is 19.8 Å². The zero-order valence-electron chi connectivity index (χ0n) is 13.9. The maximum Gasteiger partial charge on any atom is 0.300 e. The molecule has 0 aliphatic rings. The largest absolute Gasteiger partial charge is 0.490 e. The molecule has 24 heavy (non-hydrogen) atoms. The van der Waals surface area contributed by atoms with Crippen molar-refractivity contribution in [3.8, 4) is 5.75 Å². The third-order valence-corrected chi connectivity index (χ3v) is 4.66. The molecule has 0 aromatic heterocycles. The number of ether oxygens (including phenoxy) is 2. The van der Waals surface area contributed by atoms with E-state index in [-0.39, 0.29) is 23.9 Å². The second kappa shape index (κ2) is 8.82. The van der Waals surface area contributed by atoms with Crippen molar-refractivity contribution < 1.29 is 22.1 Å². The maximum absolute atomic E-state index is 12.1. The number of aryl methyl sites for hydroxylation is 1. The van der Waals surface area contributed by atoms with Gasteiger partial charge < -0.3 is 9.47 Å². The molecular formula is C18H22O5S. The second-order valence-corrected chi connectivity index (χ2v) is 6.78. The van der Waals surface area contributed by atoms with E-state index < -0.39 is 10.1 Å². The van der Waals surface area contributed by atoms with Gasteiger partial charge in [0, 0.05) is 0 Å². The van der Waals surface area contributed by atoms with Gasteiger partial charge in [0.1, 0.15) is 17.3 Å². The molecule has 2 aromatic carbocycles. The summed E-state index contributed by atoms with van der Waals surface area (Å²) in [4.78, 5) is 0.0398. The zero-order valence-corrected chi connectivity index (χ0v) is 14.7. The average molecular weight is 350 g/mol. The van der Waals surface area contributed by atoms with Crippen molar-refractivity contribution in [3.05, 3.63) is 59.7 Å². The molecule has 0 bridgehead atoms. The number of hydrogen-bond donors (Lipinski definition) is 0. The Kier molecular flexibility index (Phi) is 6.78. The van der Waals surface area contributed by atoms with Gasteiger partial charge in [-0.05, 0) is 37.1 Å². The molecule has 0 fully saturated rings. The molecule has 2 rings (SSSR count). The molecule has 0 radical (unpaired) electrons. The first-order valence-corrected chi connectivity index (χ1v) is 9.18. The summed E-state index contributed by atoms with van der Waals surface area (Å²) in [5.74, 6) is 0.284. The predicted octanol–water partition coefficient (Wildman–Crippen LogP) is 3.32. The Morgan fingerprint density at radius 2 is 1.75 bits per heavy atom. The van der Waals surface area contributed by atoms with Gasteiger partial charge in [0.15, 0.2) is 0 Å². The highest BCUT2D eigenvalue weighted by atomic mass is 32.2. The first-order chi connectivity index (χ1) is 11.5. The van der Waals surface area contributed by atoms with Crippen molar-refractivity contribution >= 4 is 10.1 Å². The van der Waals surface area contributed by atoms with Crippen molar-refractivity contribution in [1.82, 2.24) is 0 Å². The third-order valence-electron chi connectivity index (χ3n) is 3.24. The zero-order chi connectivity index (χ0) is 17.4. The quantitative estimate of drug-likeness (QED) is 0.513. The Bertz CT molecular complexity index is 741. The first-order valence-electron chi connectivity index (χ1n) is 7.77. The fourth-order valence-electron chi connectivity index (χ4n) is 2.13. The van der Waals surface area contributed by atoms with Crippen LogP contribution in [0, 0.1) is 6.92 Å². The summed E-state index contributed by atoms with van der Waals surface area (Å²) in [6.07, 6.45) is 0. The minimum atomic E-state index is -3.81. The van der Waals surface area contributed by atoms with Gasteiger partial charge in [-0.25, -0.2) is 0 Å². The van der Waals surface area contributed by atoms with E-state index in [4.69, 9.17) is 13.7 Å². The van der Waals surface area contributed by atoms with E-state index in [0.717, 1.165) is 11.1 Å². The molecule has 2 aromatic rings. The average Bonchev–Trinajstić information content (AvgIpc) is 2.55. The fourth-order valence-corrected chi connectivity index (χ4v) is 3.16. The first kappa shape index (κ1) is 18.4. The van der Waals surface area contributed by atoms with E-state index in [2.05, 4.69) is 0 Å². The van der Waals surface area contributed by atoms with E-state index in [0.29, 0.717) is 13.2 Å². The summed E-state index contributed by atoms with van der Waals surface area (Å²) < 4.78 is 40.2. The number of rotatable bonds is 9. The summed E-state index contributed by atoms with van der Waals surface area (Å²) in [6.45, 7) is 4.68. The van der Waals surface area contributed by atoms with Gasteiger partial charge in [-0.15, -0.1) is 0 Å². The Balaban J connectivity index is 1.93. The van der Waals surface area contributed by atoms with Crippen LogP contribution < -0.4 is 4.74 Å². The van der Waals surface area contributed by atoms with Gasteiger partial charge in [0.25, 0.3) is 0 Å². The summed E-state index contributed by atoms with van der Waals surface area (Å²) in [5, 5.41) is 0. The Morgan fingerprint density at radius 3 is 2.46 bits per heavy atom. The van der Waals surface area contributed by atoms with Crippen LogP contribution in [0.3, 0.4) is 0 Å². The van der Waals surface area contributed by atoms with Gasteiger partial charge in [0.2, 0.25) is 0 Å². The van der Waals surface area contributed by atoms with Crippen molar-refractivity contribution in [2.24, 2.45) is 0 Å². The third kappa shape index (κ3) is 5.33. The minimum absolute atomic E-state index is 0.0398. The lowest BCUT2D eigenvalue weighted by atomic mass is 10.2. The number of hydrogen-bond acceptors (Lipinski definition) is 5. The Morgan fingerprint density at radius 1 is 1.00 bits per heavy atom. The van der Waals surface area contributed by atoms with E-state index in [9.17, 15) is 8.42 Å². The van der Waals surface area contributed by atoms with Gasteiger partial charge >= 0.3 is 10.1 Å². The van der Waals surface area contributed by atoms with Gasteiger partial charge in [-0.1, -0.05) is 36.4 Å². The fraction of sp³-hybridized carbons (Fsp3) is 0.333. The normalized spacial score (nSPS) is 11.4.